The van der Waals surface area contributed by atoms with Gasteiger partial charge < -0.3 is 10.1 Å². The van der Waals surface area contributed by atoms with Crippen LogP contribution in [-0.4, -0.2) is 45.8 Å². The van der Waals surface area contributed by atoms with E-state index in [-0.39, 0.29) is 23.3 Å². The van der Waals surface area contributed by atoms with Crippen molar-refractivity contribution >= 4 is 15.8 Å². The predicted molar refractivity (Wildman–Crippen MR) is 126 cm³/mol. The van der Waals surface area contributed by atoms with Gasteiger partial charge in [0.1, 0.15) is 17.7 Å². The van der Waals surface area contributed by atoms with Crippen LogP contribution >= 0.6 is 0 Å². The molecule has 0 spiro atoms. The fraction of sp³-hybridized carbons (Fsp3) is 0.542. The summed E-state index contributed by atoms with van der Waals surface area (Å²) in [5.74, 6) is 1.23. The average Bonchev–Trinajstić information content (AvgIpc) is 2.77. The van der Waals surface area contributed by atoms with Crippen LogP contribution in [0, 0.1) is 11.8 Å². The van der Waals surface area contributed by atoms with E-state index < -0.39 is 16.2 Å². The highest BCUT2D eigenvalue weighted by molar-refractivity contribution is 7.92. The summed E-state index contributed by atoms with van der Waals surface area (Å²) in [4.78, 5) is 4.60. The van der Waals surface area contributed by atoms with Gasteiger partial charge >= 0.3 is 0 Å². The maximum Gasteiger partial charge on any atom is 0.265 e. The molecule has 2 aromatic rings. The van der Waals surface area contributed by atoms with Gasteiger partial charge in [-0.2, -0.15) is 0 Å². The summed E-state index contributed by atoms with van der Waals surface area (Å²) in [6, 6.07) is 10.0. The van der Waals surface area contributed by atoms with E-state index >= 15 is 0 Å². The lowest BCUT2D eigenvalue weighted by Crippen LogP contribution is -2.40. The highest BCUT2D eigenvalue weighted by atomic mass is 32.2. The molecule has 0 aliphatic carbocycles. The van der Waals surface area contributed by atoms with Crippen LogP contribution in [0.4, 0.5) is 10.2 Å². The van der Waals surface area contributed by atoms with Gasteiger partial charge in [-0.05, 0) is 60.7 Å². The van der Waals surface area contributed by atoms with Gasteiger partial charge in [0.15, 0.2) is 0 Å². The summed E-state index contributed by atoms with van der Waals surface area (Å²) in [7, 11) is -3.80. The van der Waals surface area contributed by atoms with E-state index in [0.717, 1.165) is 18.5 Å². The lowest BCUT2D eigenvalue weighted by molar-refractivity contribution is 0.122. The number of ether oxygens (including phenoxy) is 1. The van der Waals surface area contributed by atoms with Crippen molar-refractivity contribution in [3.05, 3.63) is 48.2 Å². The van der Waals surface area contributed by atoms with Crippen LogP contribution in [0.2, 0.25) is 0 Å². The van der Waals surface area contributed by atoms with Gasteiger partial charge in [-0.15, -0.1) is 0 Å². The molecule has 3 rings (SSSR count). The molecule has 1 aliphatic heterocycles. The summed E-state index contributed by atoms with van der Waals surface area (Å²) in [5.41, 5.74) is 1.06. The van der Waals surface area contributed by atoms with E-state index in [2.05, 4.69) is 24.1 Å². The lowest BCUT2D eigenvalue weighted by atomic mass is 9.97. The van der Waals surface area contributed by atoms with Crippen molar-refractivity contribution in [1.29, 1.82) is 0 Å². The smallest absolute Gasteiger partial charge is 0.265 e. The van der Waals surface area contributed by atoms with Gasteiger partial charge in [-0.25, -0.2) is 22.1 Å². The van der Waals surface area contributed by atoms with Crippen molar-refractivity contribution in [3.63, 3.8) is 0 Å². The van der Waals surface area contributed by atoms with E-state index in [0.29, 0.717) is 30.6 Å². The third-order valence-electron chi connectivity index (χ3n) is 5.64. The molecule has 0 saturated carbocycles. The quantitative estimate of drug-likeness (QED) is 0.597. The number of nitrogens with one attached hydrogen (secondary N) is 1. The van der Waals surface area contributed by atoms with Crippen LogP contribution in [0.5, 0.6) is 5.75 Å². The maximum atomic E-state index is 14.0. The zero-order valence-electron chi connectivity index (χ0n) is 19.3. The SMILES string of the molecule is CC(C)CN(c1ccc(C(C)C)cn1)S(=O)(=O)c1ccc(OCC2CCNCC2F)cc1. The Morgan fingerprint density at radius 3 is 2.44 bits per heavy atom. The van der Waals surface area contributed by atoms with Crippen LogP contribution in [0.1, 0.15) is 45.6 Å². The highest BCUT2D eigenvalue weighted by Crippen LogP contribution is 2.27. The molecule has 32 heavy (non-hydrogen) atoms. The second kappa shape index (κ2) is 10.6. The van der Waals surface area contributed by atoms with Gasteiger partial charge in [0, 0.05) is 25.2 Å². The molecule has 2 heterocycles. The zero-order chi connectivity index (χ0) is 23.3. The van der Waals surface area contributed by atoms with Gasteiger partial charge in [-0.1, -0.05) is 33.8 Å². The minimum atomic E-state index is -3.80. The first-order valence-electron chi connectivity index (χ1n) is 11.2. The Labute approximate surface area is 191 Å². The second-order valence-electron chi connectivity index (χ2n) is 9.09. The molecule has 1 aromatic heterocycles. The number of hydrogen-bond donors (Lipinski definition) is 1. The van der Waals surface area contributed by atoms with E-state index in [1.165, 1.54) is 16.4 Å². The van der Waals surface area contributed by atoms with Crippen molar-refractivity contribution in [2.45, 2.75) is 51.1 Å². The normalized spacial score (nSPS) is 19.3. The fourth-order valence-electron chi connectivity index (χ4n) is 3.63. The number of hydrogen-bond acceptors (Lipinski definition) is 5. The average molecular weight is 464 g/mol. The third kappa shape index (κ3) is 5.98. The number of piperidine rings is 1. The molecule has 2 atom stereocenters. The topological polar surface area (TPSA) is 71.5 Å². The van der Waals surface area contributed by atoms with Gasteiger partial charge in [0.25, 0.3) is 10.0 Å². The first kappa shape index (κ1) is 24.5. The number of benzene rings is 1. The Bertz CT molecular complexity index is 963. The summed E-state index contributed by atoms with van der Waals surface area (Å²) in [6.45, 7) is 9.82. The number of aromatic nitrogens is 1. The Hall–Kier alpha value is -2.19. The van der Waals surface area contributed by atoms with Gasteiger partial charge in [0.05, 0.1) is 11.5 Å². The minimum absolute atomic E-state index is 0.123. The number of pyridine rings is 1. The molecule has 2 unspecified atom stereocenters. The molecule has 176 valence electrons. The van der Waals surface area contributed by atoms with Gasteiger partial charge in [0.2, 0.25) is 0 Å². The molecule has 0 radical (unpaired) electrons. The molecule has 1 aromatic carbocycles. The van der Waals surface area contributed by atoms with E-state index in [1.807, 2.05) is 19.9 Å². The number of halogens is 1. The molecule has 0 amide bonds. The van der Waals surface area contributed by atoms with Crippen molar-refractivity contribution in [3.8, 4) is 5.75 Å². The Morgan fingerprint density at radius 2 is 1.88 bits per heavy atom. The molecule has 0 bridgehead atoms. The Morgan fingerprint density at radius 1 is 1.16 bits per heavy atom. The number of sulfonamides is 1. The first-order chi connectivity index (χ1) is 15.2. The van der Waals surface area contributed by atoms with Crippen LogP contribution < -0.4 is 14.4 Å². The van der Waals surface area contributed by atoms with Crippen molar-refractivity contribution < 1.29 is 17.5 Å². The minimum Gasteiger partial charge on any atom is -0.493 e. The molecular weight excluding hydrogens is 429 g/mol. The number of rotatable bonds is 9. The highest BCUT2D eigenvalue weighted by Gasteiger charge is 2.28. The number of nitrogens with zero attached hydrogens (tertiary/aromatic N) is 2. The molecular formula is C24H34FN3O3S. The molecule has 1 aliphatic rings. The molecule has 8 heteroatoms. The fourth-order valence-corrected chi connectivity index (χ4v) is 5.22. The Kier molecular flexibility index (Phi) is 8.11. The van der Waals surface area contributed by atoms with E-state index in [4.69, 9.17) is 4.74 Å². The van der Waals surface area contributed by atoms with Crippen LogP contribution in [0.25, 0.3) is 0 Å². The number of anilines is 1. The second-order valence-corrected chi connectivity index (χ2v) is 10.9. The summed E-state index contributed by atoms with van der Waals surface area (Å²) in [6.07, 6.45) is 1.53. The summed E-state index contributed by atoms with van der Waals surface area (Å²) >= 11 is 0. The number of alkyl halides is 1. The van der Waals surface area contributed by atoms with Crippen LogP contribution in [-0.2, 0) is 10.0 Å². The third-order valence-corrected chi connectivity index (χ3v) is 7.43. The lowest BCUT2D eigenvalue weighted by Gasteiger charge is -2.27. The van der Waals surface area contributed by atoms with Crippen molar-refractivity contribution in [2.24, 2.45) is 11.8 Å². The van der Waals surface area contributed by atoms with Crippen molar-refractivity contribution in [1.82, 2.24) is 10.3 Å². The maximum absolute atomic E-state index is 14.0. The zero-order valence-corrected chi connectivity index (χ0v) is 20.1. The van der Waals surface area contributed by atoms with E-state index in [1.54, 1.807) is 24.4 Å². The van der Waals surface area contributed by atoms with E-state index in [9.17, 15) is 12.8 Å². The van der Waals surface area contributed by atoms with Crippen LogP contribution in [0.15, 0.2) is 47.5 Å². The summed E-state index contributed by atoms with van der Waals surface area (Å²) in [5, 5.41) is 3.03. The monoisotopic (exact) mass is 463 g/mol. The first-order valence-corrected chi connectivity index (χ1v) is 12.7. The van der Waals surface area contributed by atoms with Crippen molar-refractivity contribution in [2.75, 3.05) is 30.5 Å². The predicted octanol–water partition coefficient (Wildman–Crippen LogP) is 4.38. The summed E-state index contributed by atoms with van der Waals surface area (Å²) < 4.78 is 47.9. The molecule has 1 fully saturated rings. The largest absolute Gasteiger partial charge is 0.493 e. The molecule has 1 N–H and O–H groups in total. The molecule has 6 nitrogen and oxygen atoms in total. The van der Waals surface area contributed by atoms with Gasteiger partial charge in [-0.3, -0.25) is 0 Å². The van der Waals surface area contributed by atoms with Crippen LogP contribution in [0.3, 0.4) is 0 Å². The Balaban J connectivity index is 1.77. The molecule has 1 saturated heterocycles. The standard InChI is InChI=1S/C24H34FN3O3S/c1-17(2)15-28(24-10-5-19(13-27-24)18(3)4)32(29,30)22-8-6-21(7-9-22)31-16-20-11-12-26-14-23(20)25/h5-10,13,17-18,20,23,26H,11-12,14-16H2,1-4H3.